The number of carbonyl (C=O) groups excluding carboxylic acids is 1. The summed E-state index contributed by atoms with van der Waals surface area (Å²) in [5.74, 6) is 1.79. The molecule has 1 aliphatic heterocycles. The van der Waals surface area contributed by atoms with Gasteiger partial charge in [0.25, 0.3) is 0 Å². The number of nitrogens with zero attached hydrogens (tertiary/aromatic N) is 1. The molecule has 0 spiro atoms. The van der Waals surface area contributed by atoms with Crippen molar-refractivity contribution in [3.05, 3.63) is 29.8 Å². The topological polar surface area (TPSA) is 79.4 Å². The number of hydrogen-bond donors (Lipinski definition) is 2. The summed E-state index contributed by atoms with van der Waals surface area (Å²) >= 11 is 0. The minimum Gasteiger partial charge on any atom is -0.497 e. The van der Waals surface area contributed by atoms with Crippen molar-refractivity contribution in [2.45, 2.75) is 25.9 Å². The lowest BCUT2D eigenvalue weighted by atomic mass is 9.96. The van der Waals surface area contributed by atoms with Crippen molar-refractivity contribution in [2.24, 2.45) is 23.5 Å². The first-order valence-corrected chi connectivity index (χ1v) is 7.29. The molecule has 5 heteroatoms. The fourth-order valence-electron chi connectivity index (χ4n) is 3.63. The lowest BCUT2D eigenvalue weighted by Gasteiger charge is -2.32. The van der Waals surface area contributed by atoms with Crippen molar-refractivity contribution in [1.29, 1.82) is 5.41 Å². The van der Waals surface area contributed by atoms with E-state index in [0.717, 1.165) is 17.7 Å². The van der Waals surface area contributed by atoms with E-state index in [0.29, 0.717) is 24.2 Å². The molecule has 1 amide bonds. The average Bonchev–Trinajstić information content (AvgIpc) is 3.20. The molecule has 4 atom stereocenters. The summed E-state index contributed by atoms with van der Waals surface area (Å²) in [6.07, 6.45) is 0.723. The van der Waals surface area contributed by atoms with Crippen LogP contribution in [0.1, 0.15) is 18.9 Å². The zero-order chi connectivity index (χ0) is 15.1. The van der Waals surface area contributed by atoms with Crippen LogP contribution in [0.25, 0.3) is 0 Å². The number of benzene rings is 1. The smallest absolute Gasteiger partial charge is 0.222 e. The standard InChI is InChI=1S/C16H21N3O2/c1-9-7-12(17)19(15-13(9)14(15)16(18)20)8-10-3-5-11(21-2)6-4-10/h3-6,9,13-15,17H,7-8H2,1-2H3,(H2,18,20)/t9?,13-,14-,15-/m1/s1. The second-order valence-electron chi connectivity index (χ2n) is 6.10. The maximum atomic E-state index is 11.6. The van der Waals surface area contributed by atoms with Gasteiger partial charge in [0.05, 0.1) is 18.9 Å². The molecule has 1 aromatic rings. The van der Waals surface area contributed by atoms with E-state index in [9.17, 15) is 4.79 Å². The predicted molar refractivity (Wildman–Crippen MR) is 80.0 cm³/mol. The highest BCUT2D eigenvalue weighted by atomic mass is 16.5. The minimum absolute atomic E-state index is 0.0962. The largest absolute Gasteiger partial charge is 0.497 e. The van der Waals surface area contributed by atoms with Gasteiger partial charge in [-0.1, -0.05) is 19.1 Å². The molecule has 0 radical (unpaired) electrons. The number of likely N-dealkylation sites (tertiary alicyclic amines) is 1. The number of nitrogens with one attached hydrogen (secondary N) is 1. The number of rotatable bonds is 4. The molecule has 112 valence electrons. The van der Waals surface area contributed by atoms with Crippen LogP contribution in [0.4, 0.5) is 0 Å². The van der Waals surface area contributed by atoms with Crippen molar-refractivity contribution in [1.82, 2.24) is 4.90 Å². The van der Waals surface area contributed by atoms with Gasteiger partial charge in [-0.05, 0) is 29.5 Å². The van der Waals surface area contributed by atoms with Gasteiger partial charge in [0.15, 0.2) is 0 Å². The predicted octanol–water partition coefficient (Wildman–Crippen LogP) is 1.61. The Kier molecular flexibility index (Phi) is 3.35. The fraction of sp³-hybridized carbons (Fsp3) is 0.500. The summed E-state index contributed by atoms with van der Waals surface area (Å²) in [5, 5.41) is 8.24. The third-order valence-electron chi connectivity index (χ3n) is 4.76. The summed E-state index contributed by atoms with van der Waals surface area (Å²) in [5.41, 5.74) is 6.62. The Bertz CT molecular complexity index is 569. The number of carbonyl (C=O) groups is 1. The number of ether oxygens (including phenoxy) is 1. The normalized spacial score (nSPS) is 30.8. The molecule has 0 bridgehead atoms. The van der Waals surface area contributed by atoms with Crippen LogP contribution in [0.2, 0.25) is 0 Å². The molecule has 21 heavy (non-hydrogen) atoms. The maximum absolute atomic E-state index is 11.6. The number of piperidine rings is 1. The fourth-order valence-corrected chi connectivity index (χ4v) is 3.63. The van der Waals surface area contributed by atoms with E-state index in [4.69, 9.17) is 15.9 Å². The second-order valence-corrected chi connectivity index (χ2v) is 6.10. The third-order valence-corrected chi connectivity index (χ3v) is 4.76. The lowest BCUT2D eigenvalue weighted by molar-refractivity contribution is -0.119. The van der Waals surface area contributed by atoms with Crippen molar-refractivity contribution < 1.29 is 9.53 Å². The van der Waals surface area contributed by atoms with Gasteiger partial charge in [-0.15, -0.1) is 0 Å². The Labute approximate surface area is 124 Å². The van der Waals surface area contributed by atoms with Crippen LogP contribution in [0.5, 0.6) is 5.75 Å². The zero-order valence-corrected chi connectivity index (χ0v) is 12.4. The molecule has 5 nitrogen and oxygen atoms in total. The Hall–Kier alpha value is -2.04. The number of methoxy groups -OCH3 is 1. The van der Waals surface area contributed by atoms with Crippen LogP contribution in [-0.4, -0.2) is 29.8 Å². The van der Waals surface area contributed by atoms with Crippen LogP contribution in [0.15, 0.2) is 24.3 Å². The van der Waals surface area contributed by atoms with Crippen LogP contribution >= 0.6 is 0 Å². The first kappa shape index (κ1) is 13.9. The molecule has 0 aromatic heterocycles. The van der Waals surface area contributed by atoms with Gasteiger partial charge < -0.3 is 15.4 Å². The van der Waals surface area contributed by atoms with Gasteiger partial charge >= 0.3 is 0 Å². The zero-order valence-electron chi connectivity index (χ0n) is 12.4. The number of amidine groups is 1. The second kappa shape index (κ2) is 5.06. The molecule has 3 rings (SSSR count). The van der Waals surface area contributed by atoms with Crippen LogP contribution in [0.3, 0.4) is 0 Å². The van der Waals surface area contributed by atoms with E-state index in [2.05, 4.69) is 6.92 Å². The van der Waals surface area contributed by atoms with Gasteiger partial charge in [0.1, 0.15) is 5.75 Å². The number of primary amides is 1. The number of hydrogen-bond acceptors (Lipinski definition) is 3. The Morgan fingerprint density at radius 1 is 1.43 bits per heavy atom. The van der Waals surface area contributed by atoms with E-state index >= 15 is 0 Å². The highest BCUT2D eigenvalue weighted by molar-refractivity contribution is 5.87. The van der Waals surface area contributed by atoms with Crippen molar-refractivity contribution in [2.75, 3.05) is 7.11 Å². The van der Waals surface area contributed by atoms with E-state index in [1.165, 1.54) is 0 Å². The van der Waals surface area contributed by atoms with Crippen LogP contribution < -0.4 is 10.5 Å². The van der Waals surface area contributed by atoms with E-state index in [-0.39, 0.29) is 17.9 Å². The van der Waals surface area contributed by atoms with E-state index < -0.39 is 0 Å². The average molecular weight is 287 g/mol. The maximum Gasteiger partial charge on any atom is 0.222 e. The molecular weight excluding hydrogens is 266 g/mol. The lowest BCUT2D eigenvalue weighted by Crippen LogP contribution is -2.39. The SMILES string of the molecule is COc1ccc(CN2C(=N)CC(C)[C@@H]3[C@@H](C(N)=O)[C@@H]32)cc1. The summed E-state index contributed by atoms with van der Waals surface area (Å²) in [4.78, 5) is 13.6. The molecule has 1 unspecified atom stereocenters. The Morgan fingerprint density at radius 2 is 2.10 bits per heavy atom. The first-order chi connectivity index (χ1) is 10.0. The summed E-state index contributed by atoms with van der Waals surface area (Å²) in [7, 11) is 1.64. The van der Waals surface area contributed by atoms with Gasteiger partial charge in [0, 0.05) is 19.0 Å². The number of fused-ring (bicyclic) bond motifs is 1. The summed E-state index contributed by atoms with van der Waals surface area (Å²) in [6.45, 7) is 2.76. The number of amides is 1. The summed E-state index contributed by atoms with van der Waals surface area (Å²) < 4.78 is 5.16. The monoisotopic (exact) mass is 287 g/mol. The third kappa shape index (κ3) is 2.37. The van der Waals surface area contributed by atoms with Gasteiger partial charge in [-0.3, -0.25) is 10.2 Å². The molecule has 3 N–H and O–H groups in total. The highest BCUT2D eigenvalue weighted by Gasteiger charge is 2.61. The molecular formula is C16H21N3O2. The van der Waals surface area contributed by atoms with E-state index in [1.807, 2.05) is 29.2 Å². The van der Waals surface area contributed by atoms with Gasteiger partial charge in [0.2, 0.25) is 5.91 Å². The van der Waals surface area contributed by atoms with Crippen LogP contribution in [-0.2, 0) is 11.3 Å². The Morgan fingerprint density at radius 3 is 2.67 bits per heavy atom. The molecule has 1 saturated carbocycles. The summed E-state index contributed by atoms with van der Waals surface area (Å²) in [6, 6.07) is 7.95. The van der Waals surface area contributed by atoms with E-state index in [1.54, 1.807) is 7.11 Å². The molecule has 1 aromatic carbocycles. The molecule has 2 aliphatic rings. The highest BCUT2D eigenvalue weighted by Crippen LogP contribution is 2.52. The van der Waals surface area contributed by atoms with Gasteiger partial charge in [-0.2, -0.15) is 0 Å². The molecule has 1 aliphatic carbocycles. The molecule has 1 heterocycles. The van der Waals surface area contributed by atoms with Crippen LogP contribution in [0, 0.1) is 23.2 Å². The minimum atomic E-state index is -0.230. The Balaban J connectivity index is 1.77. The molecule has 2 fully saturated rings. The van der Waals surface area contributed by atoms with Gasteiger partial charge in [-0.25, -0.2) is 0 Å². The quantitative estimate of drug-likeness (QED) is 0.883. The number of nitrogens with two attached hydrogens (primary N) is 1. The van der Waals surface area contributed by atoms with Crippen molar-refractivity contribution in [3.8, 4) is 5.75 Å². The van der Waals surface area contributed by atoms with Crippen molar-refractivity contribution >= 4 is 11.7 Å². The molecule has 1 saturated heterocycles. The van der Waals surface area contributed by atoms with Crippen molar-refractivity contribution in [3.63, 3.8) is 0 Å². The first-order valence-electron chi connectivity index (χ1n) is 7.29.